The smallest absolute Gasteiger partial charge is 0.0389 e. The van der Waals surface area contributed by atoms with Gasteiger partial charge in [0.25, 0.3) is 0 Å². The largest absolute Gasteiger partial charge is 0.323 e. The van der Waals surface area contributed by atoms with Crippen molar-refractivity contribution >= 4 is 27.3 Å². The Kier molecular flexibility index (Phi) is 5.20. The first-order valence-corrected chi connectivity index (χ1v) is 8.40. The van der Waals surface area contributed by atoms with Crippen LogP contribution in [0.1, 0.15) is 43.2 Å². The third-order valence-corrected chi connectivity index (χ3v) is 5.05. The molecule has 0 spiro atoms. The molecule has 3 heteroatoms. The van der Waals surface area contributed by atoms with Gasteiger partial charge < -0.3 is 5.73 Å². The summed E-state index contributed by atoms with van der Waals surface area (Å²) < 4.78 is 1.15. The number of aryl methyl sites for hydroxylation is 1. The number of hydrogen-bond donors (Lipinski definition) is 1. The maximum absolute atomic E-state index is 6.19. The molecule has 1 aromatic heterocycles. The Labute approximate surface area is 128 Å². The van der Waals surface area contributed by atoms with E-state index in [0.29, 0.717) is 0 Å². The second-order valence-electron chi connectivity index (χ2n) is 4.75. The van der Waals surface area contributed by atoms with Crippen LogP contribution in [0, 0.1) is 0 Å². The molecule has 102 valence electrons. The lowest BCUT2D eigenvalue weighted by Gasteiger charge is -2.08. The van der Waals surface area contributed by atoms with Crippen molar-refractivity contribution in [2.45, 2.75) is 39.2 Å². The highest BCUT2D eigenvalue weighted by molar-refractivity contribution is 9.10. The normalized spacial score (nSPS) is 12.6. The zero-order valence-corrected chi connectivity index (χ0v) is 13.9. The zero-order valence-electron chi connectivity index (χ0n) is 11.4. The summed E-state index contributed by atoms with van der Waals surface area (Å²) in [5.41, 5.74) is 8.91. The molecule has 1 heterocycles. The van der Waals surface area contributed by atoms with Crippen molar-refractivity contribution in [2.24, 2.45) is 5.73 Å². The molecule has 1 atom stereocenters. The number of halogens is 1. The first kappa shape index (κ1) is 14.8. The van der Waals surface area contributed by atoms with E-state index in [0.717, 1.165) is 23.7 Å². The van der Waals surface area contributed by atoms with Crippen LogP contribution in [0.2, 0.25) is 0 Å². The molecule has 0 aliphatic heterocycles. The maximum Gasteiger partial charge on any atom is 0.0389 e. The first-order chi connectivity index (χ1) is 9.15. The van der Waals surface area contributed by atoms with Gasteiger partial charge in [0, 0.05) is 20.3 Å². The fraction of sp³-hybridized carbons (Fsp3) is 0.375. The Balaban J connectivity index is 2.32. The summed E-state index contributed by atoms with van der Waals surface area (Å²) in [6.45, 7) is 4.38. The lowest BCUT2D eigenvalue weighted by Crippen LogP contribution is -2.07. The molecule has 0 saturated carbocycles. The standard InChI is InChI=1S/C16H20BrNS/c1-3-5-14(18)16-9-8-15(19-16)13-7-6-12(17)10-11(13)4-2/h6-10,14H,3-5,18H2,1-2H3. The van der Waals surface area contributed by atoms with Crippen LogP contribution < -0.4 is 5.73 Å². The minimum atomic E-state index is 0.185. The van der Waals surface area contributed by atoms with Crippen LogP contribution in [-0.4, -0.2) is 0 Å². The number of thiophene rings is 1. The summed E-state index contributed by atoms with van der Waals surface area (Å²) in [4.78, 5) is 2.62. The van der Waals surface area contributed by atoms with Gasteiger partial charge in [-0.15, -0.1) is 11.3 Å². The molecule has 0 amide bonds. The SMILES string of the molecule is CCCC(N)c1ccc(-c2ccc(Br)cc2CC)s1. The minimum Gasteiger partial charge on any atom is -0.323 e. The summed E-state index contributed by atoms with van der Waals surface area (Å²) in [5.74, 6) is 0. The highest BCUT2D eigenvalue weighted by atomic mass is 79.9. The van der Waals surface area contributed by atoms with Crippen molar-refractivity contribution < 1.29 is 0 Å². The third-order valence-electron chi connectivity index (χ3n) is 3.31. The van der Waals surface area contributed by atoms with Gasteiger partial charge in [-0.1, -0.05) is 42.3 Å². The zero-order chi connectivity index (χ0) is 13.8. The van der Waals surface area contributed by atoms with Crippen LogP contribution in [0.4, 0.5) is 0 Å². The first-order valence-electron chi connectivity index (χ1n) is 6.79. The molecule has 1 nitrogen and oxygen atoms in total. The molecule has 0 fully saturated rings. The highest BCUT2D eigenvalue weighted by Gasteiger charge is 2.11. The molecule has 19 heavy (non-hydrogen) atoms. The van der Waals surface area contributed by atoms with E-state index in [4.69, 9.17) is 5.73 Å². The van der Waals surface area contributed by atoms with E-state index >= 15 is 0 Å². The molecule has 0 aliphatic rings. The third kappa shape index (κ3) is 3.47. The molecular formula is C16H20BrNS. The van der Waals surface area contributed by atoms with Crippen molar-refractivity contribution in [1.29, 1.82) is 0 Å². The molecule has 2 rings (SSSR count). The number of benzene rings is 1. The van der Waals surface area contributed by atoms with Gasteiger partial charge in [-0.05, 0) is 48.2 Å². The van der Waals surface area contributed by atoms with Crippen LogP contribution in [-0.2, 0) is 6.42 Å². The molecule has 2 aromatic rings. The van der Waals surface area contributed by atoms with Gasteiger partial charge in [-0.2, -0.15) is 0 Å². The summed E-state index contributed by atoms with van der Waals surface area (Å²) in [6.07, 6.45) is 3.23. The second kappa shape index (κ2) is 6.69. The van der Waals surface area contributed by atoms with Gasteiger partial charge >= 0.3 is 0 Å². The van der Waals surface area contributed by atoms with Crippen LogP contribution in [0.3, 0.4) is 0 Å². The van der Waals surface area contributed by atoms with Crippen LogP contribution >= 0.6 is 27.3 Å². The molecular weight excluding hydrogens is 318 g/mol. The van der Waals surface area contributed by atoms with Gasteiger partial charge in [0.1, 0.15) is 0 Å². The average Bonchev–Trinajstić information content (AvgIpc) is 2.88. The minimum absolute atomic E-state index is 0.185. The van der Waals surface area contributed by atoms with Crippen molar-refractivity contribution in [3.05, 3.63) is 45.2 Å². The summed E-state index contributed by atoms with van der Waals surface area (Å²) >= 11 is 5.37. The summed E-state index contributed by atoms with van der Waals surface area (Å²) in [5, 5.41) is 0. The van der Waals surface area contributed by atoms with E-state index in [9.17, 15) is 0 Å². The number of nitrogens with two attached hydrogens (primary N) is 1. The predicted octanol–water partition coefficient (Wildman–Crippen LogP) is 5.54. The Morgan fingerprint density at radius 2 is 2.00 bits per heavy atom. The number of rotatable bonds is 5. The van der Waals surface area contributed by atoms with E-state index in [1.54, 1.807) is 0 Å². The predicted molar refractivity (Wildman–Crippen MR) is 88.7 cm³/mol. The van der Waals surface area contributed by atoms with Gasteiger partial charge in [0.2, 0.25) is 0 Å². The fourth-order valence-corrected chi connectivity index (χ4v) is 3.76. The molecule has 0 aliphatic carbocycles. The molecule has 0 radical (unpaired) electrons. The van der Waals surface area contributed by atoms with Crippen molar-refractivity contribution in [3.8, 4) is 10.4 Å². The molecule has 0 saturated heterocycles. The van der Waals surface area contributed by atoms with Gasteiger partial charge in [0.15, 0.2) is 0 Å². The summed E-state index contributed by atoms with van der Waals surface area (Å²) in [6, 6.07) is 11.1. The quantitative estimate of drug-likeness (QED) is 0.761. The van der Waals surface area contributed by atoms with Crippen molar-refractivity contribution in [2.75, 3.05) is 0 Å². The lowest BCUT2D eigenvalue weighted by molar-refractivity contribution is 0.648. The fourth-order valence-electron chi connectivity index (χ4n) is 2.25. The average molecular weight is 338 g/mol. The van der Waals surface area contributed by atoms with Gasteiger partial charge in [-0.25, -0.2) is 0 Å². The topological polar surface area (TPSA) is 26.0 Å². The Morgan fingerprint density at radius 3 is 2.68 bits per heavy atom. The van der Waals surface area contributed by atoms with Crippen LogP contribution in [0.25, 0.3) is 10.4 Å². The van der Waals surface area contributed by atoms with E-state index in [2.05, 4.69) is 60.1 Å². The lowest BCUT2D eigenvalue weighted by atomic mass is 10.0. The van der Waals surface area contributed by atoms with Gasteiger partial charge in [-0.3, -0.25) is 0 Å². The Hall–Kier alpha value is -0.640. The second-order valence-corrected chi connectivity index (χ2v) is 6.78. The Morgan fingerprint density at radius 1 is 1.21 bits per heavy atom. The van der Waals surface area contributed by atoms with Crippen molar-refractivity contribution in [1.82, 2.24) is 0 Å². The van der Waals surface area contributed by atoms with Crippen molar-refractivity contribution in [3.63, 3.8) is 0 Å². The maximum atomic E-state index is 6.19. The molecule has 1 aromatic carbocycles. The molecule has 1 unspecified atom stereocenters. The Bertz CT molecular complexity index is 547. The van der Waals surface area contributed by atoms with Gasteiger partial charge in [0.05, 0.1) is 0 Å². The van der Waals surface area contributed by atoms with E-state index in [1.165, 1.54) is 20.9 Å². The van der Waals surface area contributed by atoms with Crippen LogP contribution in [0.5, 0.6) is 0 Å². The number of hydrogen-bond acceptors (Lipinski definition) is 2. The van der Waals surface area contributed by atoms with Crippen LogP contribution in [0.15, 0.2) is 34.8 Å². The molecule has 0 bridgehead atoms. The summed E-state index contributed by atoms with van der Waals surface area (Å²) in [7, 11) is 0. The highest BCUT2D eigenvalue weighted by Crippen LogP contribution is 2.35. The van der Waals surface area contributed by atoms with E-state index in [1.807, 2.05) is 11.3 Å². The molecule has 2 N–H and O–H groups in total. The van der Waals surface area contributed by atoms with E-state index in [-0.39, 0.29) is 6.04 Å². The van der Waals surface area contributed by atoms with E-state index < -0.39 is 0 Å². The monoisotopic (exact) mass is 337 g/mol.